The first-order valence-electron chi connectivity index (χ1n) is 24.0. The van der Waals surface area contributed by atoms with Crippen LogP contribution in [0.2, 0.25) is 0 Å². The number of carboxylic acids is 1. The summed E-state index contributed by atoms with van der Waals surface area (Å²) in [6, 6.07) is 28.8. The number of carbonyl (C=O) groups excluding carboxylic acids is 2. The van der Waals surface area contributed by atoms with Crippen molar-refractivity contribution < 1.29 is 52.6 Å². The van der Waals surface area contributed by atoms with Gasteiger partial charge in [0, 0.05) is 67.2 Å². The molecule has 2 N–H and O–H groups in total. The lowest BCUT2D eigenvalue weighted by Crippen LogP contribution is -2.39. The number of nitrogens with zero attached hydrogens (tertiary/aromatic N) is 4. The van der Waals surface area contributed by atoms with Crippen molar-refractivity contribution in [3.05, 3.63) is 124 Å². The van der Waals surface area contributed by atoms with E-state index in [-0.39, 0.29) is 36.8 Å². The lowest BCUT2D eigenvalue weighted by atomic mass is 10.1. The van der Waals surface area contributed by atoms with Gasteiger partial charge in [0.25, 0.3) is 11.8 Å². The highest BCUT2D eigenvalue weighted by atomic mass is 32.2. The molecule has 72 heavy (non-hydrogen) atoms. The zero-order valence-electron chi connectivity index (χ0n) is 41.6. The fourth-order valence-electron chi connectivity index (χ4n) is 9.35. The van der Waals surface area contributed by atoms with Crippen molar-refractivity contribution in [3.8, 4) is 23.0 Å². The Bertz CT molecular complexity index is 2770. The van der Waals surface area contributed by atoms with Gasteiger partial charge in [-0.05, 0) is 98.1 Å². The molecule has 2 amide bonds. The molecule has 3 heterocycles. The summed E-state index contributed by atoms with van der Waals surface area (Å²) in [6.45, 7) is 12.2. The summed E-state index contributed by atoms with van der Waals surface area (Å²) >= 11 is 1.36. The summed E-state index contributed by atoms with van der Waals surface area (Å²) in [5.74, 6) is 0.314. The van der Waals surface area contributed by atoms with Crippen molar-refractivity contribution in [1.29, 1.82) is 0 Å². The number of rotatable bonds is 25. The van der Waals surface area contributed by atoms with Crippen molar-refractivity contribution >= 4 is 64.7 Å². The second-order valence-corrected chi connectivity index (χ2v) is 20.0. The monoisotopic (exact) mass is 1000 g/mol. The van der Waals surface area contributed by atoms with E-state index in [2.05, 4.69) is 28.0 Å². The average Bonchev–Trinajstić information content (AvgIpc) is 3.96. The standard InChI is InChI=1S/C55H63N5O11S/c1-55(2,72-34-52(61)62)35-58(17-18-68-21-22-69-20-19-65-4)40-24-36(32-70-50-29-44(56-3)42(27-48(50)66-5)53(63)59-16-15-38-11-7-9-13-46(38)59)23-37(25-40)33-71-51-30-45-43(28-49(51)67-6)54(64)60-41(31-57-45)26-39-12-8-10-14-47(39)60/h7-14,23-25,27-30,41,57H,3,15-22,26,31-35H2,1-2,4-6H3,(H,61,62)/t41-/m0/s1. The summed E-state index contributed by atoms with van der Waals surface area (Å²) in [6.07, 6.45) is 1.51. The van der Waals surface area contributed by atoms with Gasteiger partial charge in [-0.2, -0.15) is 0 Å². The fourth-order valence-corrected chi connectivity index (χ4v) is 10.1. The van der Waals surface area contributed by atoms with E-state index in [1.54, 1.807) is 37.3 Å². The summed E-state index contributed by atoms with van der Waals surface area (Å²) in [5, 5.41) is 13.1. The molecular formula is C55H63N5O11S. The van der Waals surface area contributed by atoms with Crippen molar-refractivity contribution in [2.45, 2.75) is 50.7 Å². The third-order valence-corrected chi connectivity index (χ3v) is 14.1. The summed E-state index contributed by atoms with van der Waals surface area (Å²) in [4.78, 5) is 50.0. The molecular weight excluding hydrogens is 939 g/mol. The summed E-state index contributed by atoms with van der Waals surface area (Å²) in [7, 11) is 4.71. The molecule has 3 aliphatic rings. The molecule has 0 saturated carbocycles. The van der Waals surface area contributed by atoms with Crippen LogP contribution in [-0.4, -0.2) is 127 Å². The van der Waals surface area contributed by atoms with Crippen LogP contribution in [0.15, 0.2) is 96.0 Å². The van der Waals surface area contributed by atoms with E-state index in [1.807, 2.05) is 85.5 Å². The largest absolute Gasteiger partial charge is 0.493 e. The molecule has 0 saturated heterocycles. The van der Waals surface area contributed by atoms with Crippen LogP contribution in [0.3, 0.4) is 0 Å². The number of hydrogen-bond acceptors (Lipinski definition) is 14. The van der Waals surface area contributed by atoms with E-state index >= 15 is 0 Å². The van der Waals surface area contributed by atoms with E-state index in [0.717, 1.165) is 52.2 Å². The van der Waals surface area contributed by atoms with Crippen LogP contribution >= 0.6 is 11.8 Å². The van der Waals surface area contributed by atoms with Crippen LogP contribution in [0.4, 0.5) is 28.4 Å². The number of anilines is 4. The number of fused-ring (bicyclic) bond motifs is 5. The number of ether oxygens (including phenoxy) is 7. The van der Waals surface area contributed by atoms with Crippen LogP contribution in [0.5, 0.6) is 23.0 Å². The zero-order chi connectivity index (χ0) is 50.8. The maximum Gasteiger partial charge on any atom is 0.313 e. The molecule has 16 nitrogen and oxygen atoms in total. The first-order valence-corrected chi connectivity index (χ1v) is 25.0. The molecule has 0 unspecified atom stereocenters. The van der Waals surface area contributed by atoms with E-state index in [4.69, 9.17) is 33.2 Å². The molecule has 8 rings (SSSR count). The molecule has 0 radical (unpaired) electrons. The Balaban J connectivity index is 1.09. The topological polar surface area (TPSA) is 170 Å². The second kappa shape index (κ2) is 23.6. The van der Waals surface area contributed by atoms with Gasteiger partial charge in [-0.25, -0.2) is 0 Å². The van der Waals surface area contributed by atoms with E-state index in [0.29, 0.717) is 105 Å². The van der Waals surface area contributed by atoms with E-state index in [9.17, 15) is 19.5 Å². The fraction of sp³-hybridized carbons (Fsp3) is 0.382. The SMILES string of the molecule is C=Nc1cc(OCc2cc(COc3cc4c(cc3OC)C(=O)N3c5ccccc5C[C@H]3CN4)cc(N(CCOCCOCCOC)CC(C)(C)SCC(=O)O)c2)c(OC)cc1C(=O)N1CCc2ccccc21. The number of hydrogen-bond donors (Lipinski definition) is 2. The Morgan fingerprint density at radius 3 is 2.17 bits per heavy atom. The number of thioether (sulfide) groups is 1. The Labute approximate surface area is 425 Å². The van der Waals surface area contributed by atoms with Gasteiger partial charge in [-0.15, -0.1) is 11.8 Å². The molecule has 0 fully saturated rings. The maximum absolute atomic E-state index is 14.2. The third kappa shape index (κ3) is 12.1. The minimum atomic E-state index is -0.891. The predicted octanol–water partition coefficient (Wildman–Crippen LogP) is 8.48. The molecule has 0 spiro atoms. The number of carbonyl (C=O) groups is 3. The Hall–Kier alpha value is -6.79. The van der Waals surface area contributed by atoms with Crippen LogP contribution in [-0.2, 0) is 45.1 Å². The van der Waals surface area contributed by atoms with Crippen LogP contribution in [0.25, 0.3) is 0 Å². The molecule has 3 aliphatic heterocycles. The number of carboxylic acid groups (broad SMARTS) is 1. The van der Waals surface area contributed by atoms with Gasteiger partial charge in [0.2, 0.25) is 0 Å². The van der Waals surface area contributed by atoms with Gasteiger partial charge in [-0.3, -0.25) is 19.4 Å². The summed E-state index contributed by atoms with van der Waals surface area (Å²) < 4.78 is 41.1. The first kappa shape index (κ1) is 51.6. The van der Waals surface area contributed by atoms with Gasteiger partial charge in [0.1, 0.15) is 13.2 Å². The van der Waals surface area contributed by atoms with Gasteiger partial charge >= 0.3 is 5.97 Å². The zero-order valence-corrected chi connectivity index (χ0v) is 42.4. The number of aliphatic carboxylic acids is 1. The van der Waals surface area contributed by atoms with Crippen molar-refractivity contribution in [1.82, 2.24) is 0 Å². The highest BCUT2D eigenvalue weighted by molar-refractivity contribution is 8.01. The number of nitrogens with one attached hydrogen (secondary N) is 1. The Morgan fingerprint density at radius 1 is 0.819 bits per heavy atom. The molecule has 17 heteroatoms. The predicted molar refractivity (Wildman–Crippen MR) is 281 cm³/mol. The molecule has 0 aromatic heterocycles. The van der Waals surface area contributed by atoms with Gasteiger partial charge < -0.3 is 58.3 Å². The lowest BCUT2D eigenvalue weighted by molar-refractivity contribution is -0.133. The van der Waals surface area contributed by atoms with Gasteiger partial charge in [-0.1, -0.05) is 36.4 Å². The smallest absolute Gasteiger partial charge is 0.313 e. The number of amides is 2. The normalized spacial score (nSPS) is 14.6. The third-order valence-electron chi connectivity index (χ3n) is 12.8. The molecule has 0 aliphatic carbocycles. The van der Waals surface area contributed by atoms with Gasteiger partial charge in [0.05, 0.1) is 81.6 Å². The molecule has 0 bridgehead atoms. The lowest BCUT2D eigenvalue weighted by Gasteiger charge is -2.34. The number of methoxy groups -OCH3 is 3. The van der Waals surface area contributed by atoms with E-state index < -0.39 is 10.7 Å². The van der Waals surface area contributed by atoms with Crippen molar-refractivity contribution in [2.24, 2.45) is 4.99 Å². The minimum absolute atomic E-state index is 0.0377. The Morgan fingerprint density at radius 2 is 1.47 bits per heavy atom. The molecule has 380 valence electrons. The number of para-hydroxylation sites is 2. The highest BCUT2D eigenvalue weighted by Gasteiger charge is 2.38. The molecule has 5 aromatic rings. The minimum Gasteiger partial charge on any atom is -0.493 e. The maximum atomic E-state index is 14.2. The van der Waals surface area contributed by atoms with Crippen LogP contribution < -0.4 is 39.0 Å². The Kier molecular flexibility index (Phi) is 16.9. The van der Waals surface area contributed by atoms with Crippen LogP contribution in [0, 0.1) is 0 Å². The molecule has 5 aromatic carbocycles. The van der Waals surface area contributed by atoms with Crippen molar-refractivity contribution in [3.63, 3.8) is 0 Å². The second-order valence-electron chi connectivity index (χ2n) is 18.3. The molecule has 1 atom stereocenters. The number of benzene rings is 5. The van der Waals surface area contributed by atoms with Crippen LogP contribution in [0.1, 0.15) is 56.8 Å². The first-order chi connectivity index (χ1) is 34.9. The van der Waals surface area contributed by atoms with Gasteiger partial charge in [0.15, 0.2) is 23.0 Å². The number of aliphatic imine (C=N–C) groups is 1. The van der Waals surface area contributed by atoms with E-state index in [1.165, 1.54) is 18.9 Å². The summed E-state index contributed by atoms with van der Waals surface area (Å²) in [5.41, 5.74) is 8.29. The van der Waals surface area contributed by atoms with Crippen molar-refractivity contribution in [2.75, 3.05) is 106 Å². The average molecular weight is 1000 g/mol. The quantitative estimate of drug-likeness (QED) is 0.0422. The highest BCUT2D eigenvalue weighted by Crippen LogP contribution is 2.42.